The normalized spacial score (nSPS) is 15.4. The molecule has 1 atom stereocenters. The summed E-state index contributed by atoms with van der Waals surface area (Å²) in [6.07, 6.45) is 0.212. The van der Waals surface area contributed by atoms with Gasteiger partial charge in [0, 0.05) is 24.3 Å². The minimum Gasteiger partial charge on any atom is -0.454 e. The van der Waals surface area contributed by atoms with Crippen LogP contribution in [-0.2, 0) is 9.53 Å². The number of piperidine rings is 1. The molecule has 29 heavy (non-hydrogen) atoms. The highest BCUT2D eigenvalue weighted by Gasteiger charge is 2.30. The predicted molar refractivity (Wildman–Crippen MR) is 111 cm³/mol. The highest BCUT2D eigenvalue weighted by molar-refractivity contribution is 6.00. The number of para-hydroxylation sites is 1. The number of nitrogens with zero attached hydrogens (tertiary/aromatic N) is 1. The van der Waals surface area contributed by atoms with Gasteiger partial charge in [-0.3, -0.25) is 9.59 Å². The third-order valence-electron chi connectivity index (χ3n) is 5.14. The lowest BCUT2D eigenvalue weighted by Gasteiger charge is -2.31. The van der Waals surface area contributed by atoms with E-state index in [4.69, 9.17) is 4.74 Å². The zero-order chi connectivity index (χ0) is 20.8. The fourth-order valence-corrected chi connectivity index (χ4v) is 3.32. The first-order valence-electron chi connectivity index (χ1n) is 9.86. The number of anilines is 1. The number of esters is 1. The number of hydrogen-bond donors (Lipinski definition) is 1. The lowest BCUT2D eigenvalue weighted by Crippen LogP contribution is -2.43. The molecule has 2 aromatic carbocycles. The number of benzene rings is 2. The Balaban J connectivity index is 1.47. The first kappa shape index (κ1) is 20.6. The molecular weight excluding hydrogens is 368 g/mol. The number of carbonyl (C=O) groups is 3. The molecule has 1 fully saturated rings. The summed E-state index contributed by atoms with van der Waals surface area (Å²) in [4.78, 5) is 39.0. The Morgan fingerprint density at radius 3 is 2.24 bits per heavy atom. The van der Waals surface area contributed by atoms with E-state index in [-0.39, 0.29) is 23.7 Å². The number of amides is 2. The number of likely N-dealkylation sites (tertiary alicyclic amines) is 1. The smallest absolute Gasteiger partial charge is 0.321 e. The Labute approximate surface area is 170 Å². The van der Waals surface area contributed by atoms with Crippen molar-refractivity contribution in [2.24, 2.45) is 5.92 Å². The van der Waals surface area contributed by atoms with Gasteiger partial charge in [0.15, 0.2) is 6.10 Å². The number of hydrogen-bond acceptors (Lipinski definition) is 4. The van der Waals surface area contributed by atoms with Crippen molar-refractivity contribution in [2.45, 2.75) is 32.8 Å². The van der Waals surface area contributed by atoms with E-state index < -0.39 is 6.10 Å². The molecule has 2 amide bonds. The van der Waals surface area contributed by atoms with Gasteiger partial charge in [-0.15, -0.1) is 0 Å². The molecule has 1 saturated heterocycles. The summed E-state index contributed by atoms with van der Waals surface area (Å²) in [6.45, 7) is 4.49. The van der Waals surface area contributed by atoms with Crippen LogP contribution in [0.2, 0.25) is 0 Å². The molecule has 0 spiro atoms. The maximum absolute atomic E-state index is 12.5. The number of carbonyl (C=O) groups excluding carboxylic acids is 3. The number of ether oxygens (including phenoxy) is 1. The van der Waals surface area contributed by atoms with Gasteiger partial charge in [-0.25, -0.2) is 4.79 Å². The van der Waals surface area contributed by atoms with Gasteiger partial charge in [0.05, 0.1) is 5.92 Å². The van der Waals surface area contributed by atoms with E-state index in [2.05, 4.69) is 5.32 Å². The topological polar surface area (TPSA) is 75.7 Å². The molecule has 1 heterocycles. The SMILES string of the molecule is Cc1ccc(C(=O)[C@@H](C)OC(=O)C2CCN(C(=O)Nc3ccccc3)CC2)cc1. The van der Waals surface area contributed by atoms with Crippen molar-refractivity contribution < 1.29 is 19.1 Å². The molecule has 2 aromatic rings. The molecule has 0 aliphatic carbocycles. The molecule has 152 valence electrons. The van der Waals surface area contributed by atoms with E-state index >= 15 is 0 Å². The minimum absolute atomic E-state index is 0.175. The van der Waals surface area contributed by atoms with Crippen molar-refractivity contribution in [1.82, 2.24) is 4.90 Å². The number of nitrogens with one attached hydrogen (secondary N) is 1. The maximum Gasteiger partial charge on any atom is 0.321 e. The summed E-state index contributed by atoms with van der Waals surface area (Å²) in [5.74, 6) is -0.886. The third-order valence-corrected chi connectivity index (χ3v) is 5.14. The summed E-state index contributed by atoms with van der Waals surface area (Å²) in [5, 5.41) is 2.85. The molecule has 0 radical (unpaired) electrons. The van der Waals surface area contributed by atoms with Gasteiger partial charge in [-0.05, 0) is 38.8 Å². The lowest BCUT2D eigenvalue weighted by atomic mass is 9.97. The first-order valence-corrected chi connectivity index (χ1v) is 9.86. The van der Waals surface area contributed by atoms with Crippen molar-refractivity contribution in [1.29, 1.82) is 0 Å². The third kappa shape index (κ3) is 5.44. The van der Waals surface area contributed by atoms with Crippen LogP contribution in [0.15, 0.2) is 54.6 Å². The zero-order valence-electron chi connectivity index (χ0n) is 16.8. The van der Waals surface area contributed by atoms with Crippen LogP contribution in [0.4, 0.5) is 10.5 Å². The standard InChI is InChI=1S/C23H26N2O4/c1-16-8-10-18(11-9-16)21(26)17(2)29-22(27)19-12-14-25(15-13-19)23(28)24-20-6-4-3-5-7-20/h3-11,17,19H,12-15H2,1-2H3,(H,24,28)/t17-/m1/s1. The fourth-order valence-electron chi connectivity index (χ4n) is 3.32. The van der Waals surface area contributed by atoms with Gasteiger partial charge in [-0.1, -0.05) is 48.0 Å². The summed E-state index contributed by atoms with van der Waals surface area (Å²) in [6, 6.07) is 16.3. The largest absolute Gasteiger partial charge is 0.454 e. The molecular formula is C23H26N2O4. The van der Waals surface area contributed by atoms with Crippen molar-refractivity contribution >= 4 is 23.5 Å². The van der Waals surface area contributed by atoms with Crippen LogP contribution in [0, 0.1) is 12.8 Å². The van der Waals surface area contributed by atoms with Crippen LogP contribution in [-0.4, -0.2) is 41.9 Å². The zero-order valence-corrected chi connectivity index (χ0v) is 16.8. The van der Waals surface area contributed by atoms with Crippen LogP contribution >= 0.6 is 0 Å². The summed E-state index contributed by atoms with van der Waals surface area (Å²) >= 11 is 0. The van der Waals surface area contributed by atoms with Gasteiger partial charge in [0.2, 0.25) is 5.78 Å². The molecule has 0 aromatic heterocycles. The van der Waals surface area contributed by atoms with Gasteiger partial charge >= 0.3 is 12.0 Å². The summed E-state index contributed by atoms with van der Waals surface area (Å²) in [5.41, 5.74) is 2.33. The molecule has 1 aliphatic rings. The minimum atomic E-state index is -0.829. The monoisotopic (exact) mass is 394 g/mol. The Hall–Kier alpha value is -3.15. The average Bonchev–Trinajstić information content (AvgIpc) is 2.74. The predicted octanol–water partition coefficient (Wildman–Crippen LogP) is 4.05. The Morgan fingerprint density at radius 2 is 1.62 bits per heavy atom. The molecule has 3 rings (SSSR count). The van der Waals surface area contributed by atoms with Crippen LogP contribution < -0.4 is 5.32 Å². The van der Waals surface area contributed by atoms with E-state index in [1.807, 2.05) is 49.4 Å². The maximum atomic E-state index is 12.5. The molecule has 0 unspecified atom stereocenters. The number of aryl methyl sites for hydroxylation is 1. The Bertz CT molecular complexity index is 856. The highest BCUT2D eigenvalue weighted by Crippen LogP contribution is 2.21. The summed E-state index contributed by atoms with van der Waals surface area (Å²) in [7, 11) is 0. The second kappa shape index (κ2) is 9.37. The van der Waals surface area contributed by atoms with Gasteiger partial charge in [-0.2, -0.15) is 0 Å². The Kier molecular flexibility index (Phi) is 6.65. The van der Waals surface area contributed by atoms with E-state index in [0.29, 0.717) is 31.5 Å². The van der Waals surface area contributed by atoms with E-state index in [1.54, 1.807) is 24.0 Å². The number of ketones is 1. The van der Waals surface area contributed by atoms with Crippen molar-refractivity contribution in [3.63, 3.8) is 0 Å². The molecule has 6 heteroatoms. The molecule has 6 nitrogen and oxygen atoms in total. The number of rotatable bonds is 5. The van der Waals surface area contributed by atoms with Crippen molar-refractivity contribution in [2.75, 3.05) is 18.4 Å². The van der Waals surface area contributed by atoms with E-state index in [1.165, 1.54) is 0 Å². The van der Waals surface area contributed by atoms with Crippen LogP contribution in [0.3, 0.4) is 0 Å². The van der Waals surface area contributed by atoms with Gasteiger partial charge in [0.25, 0.3) is 0 Å². The van der Waals surface area contributed by atoms with Crippen molar-refractivity contribution in [3.05, 3.63) is 65.7 Å². The Morgan fingerprint density at radius 1 is 1.00 bits per heavy atom. The van der Waals surface area contributed by atoms with E-state index in [0.717, 1.165) is 11.3 Å². The quantitative estimate of drug-likeness (QED) is 0.613. The molecule has 0 bridgehead atoms. The molecule has 1 N–H and O–H groups in total. The van der Waals surface area contributed by atoms with Gasteiger partial charge < -0.3 is 15.0 Å². The van der Waals surface area contributed by atoms with Crippen LogP contribution in [0.25, 0.3) is 0 Å². The lowest BCUT2D eigenvalue weighted by molar-refractivity contribution is -0.152. The van der Waals surface area contributed by atoms with Gasteiger partial charge in [0.1, 0.15) is 0 Å². The number of Topliss-reactive ketones (excluding diaryl/α,β-unsaturated/α-hetero) is 1. The first-order chi connectivity index (χ1) is 13.9. The van der Waals surface area contributed by atoms with Crippen LogP contribution in [0.5, 0.6) is 0 Å². The molecule has 1 aliphatic heterocycles. The van der Waals surface area contributed by atoms with E-state index in [9.17, 15) is 14.4 Å². The average molecular weight is 394 g/mol. The highest BCUT2D eigenvalue weighted by atomic mass is 16.5. The number of urea groups is 1. The second-order valence-electron chi connectivity index (χ2n) is 7.37. The van der Waals surface area contributed by atoms with Crippen LogP contribution in [0.1, 0.15) is 35.7 Å². The second-order valence-corrected chi connectivity index (χ2v) is 7.37. The molecule has 0 saturated carbocycles. The van der Waals surface area contributed by atoms with Crippen molar-refractivity contribution in [3.8, 4) is 0 Å². The fraction of sp³-hybridized carbons (Fsp3) is 0.348. The summed E-state index contributed by atoms with van der Waals surface area (Å²) < 4.78 is 5.42.